The van der Waals surface area contributed by atoms with Crippen molar-refractivity contribution in [3.05, 3.63) is 255 Å². The third kappa shape index (κ3) is 6.29. The Labute approximate surface area is 446 Å². The molecule has 0 saturated heterocycles. The number of fused-ring (bicyclic) bond motifs is 6. The number of thiophene rings is 2. The molecule has 0 N–H and O–H groups in total. The summed E-state index contributed by atoms with van der Waals surface area (Å²) in [4.78, 5) is 0. The van der Waals surface area contributed by atoms with Gasteiger partial charge in [0.2, 0.25) is 0 Å². The Balaban J connectivity index is 0.683. The van der Waals surface area contributed by atoms with Crippen LogP contribution in [0.3, 0.4) is 0 Å². The highest BCUT2D eigenvalue weighted by atomic mass is 32.1. The second kappa shape index (κ2) is 16.2. The summed E-state index contributed by atoms with van der Waals surface area (Å²) in [5.41, 5.74) is 14.9. The number of benzene rings is 15. The molecular formula is C74H42S2. The molecule has 0 unspecified atom stereocenters. The van der Waals surface area contributed by atoms with Gasteiger partial charge < -0.3 is 0 Å². The van der Waals surface area contributed by atoms with Crippen LogP contribution in [0.25, 0.3) is 172 Å². The molecule has 15 aromatic carbocycles. The molecule has 0 atom stereocenters. The van der Waals surface area contributed by atoms with Crippen molar-refractivity contribution >= 4 is 128 Å². The number of hydrogen-bond donors (Lipinski definition) is 0. The zero-order chi connectivity index (χ0) is 49.6. The number of hydrogen-bond acceptors (Lipinski definition) is 2. The standard InChI is InChI=1S/C74H42S2/c1-3-10-67-59(8-1)65-41-53(28-38-69(65)75-67)57-32-22-49-24-34-61-55(30-20-47-26-36-63(57)73(49)71(47)61)45-16-12-43(13-17-45)51-6-5-7-52(40-51)44-14-18-46(19-15-44)56-31-21-48-27-37-64-58(33-23-50-25-35-62(56)72(48)74(50)64)54-29-39-70-66(42-54)60-9-2-4-11-68(60)76-70/h1-42H. The van der Waals surface area contributed by atoms with Gasteiger partial charge in [-0.3, -0.25) is 0 Å². The van der Waals surface area contributed by atoms with Gasteiger partial charge in [0.15, 0.2) is 0 Å². The van der Waals surface area contributed by atoms with Crippen molar-refractivity contribution in [2.24, 2.45) is 0 Å². The molecule has 17 rings (SSSR count). The van der Waals surface area contributed by atoms with Crippen molar-refractivity contribution in [1.82, 2.24) is 0 Å². The molecule has 2 heterocycles. The summed E-state index contributed by atoms with van der Waals surface area (Å²) in [6.45, 7) is 0. The molecule has 0 fully saturated rings. The van der Waals surface area contributed by atoms with Crippen molar-refractivity contribution < 1.29 is 0 Å². The molecule has 17 aromatic rings. The van der Waals surface area contributed by atoms with Crippen LogP contribution in [0.5, 0.6) is 0 Å². The van der Waals surface area contributed by atoms with Crippen LogP contribution in [-0.2, 0) is 0 Å². The highest BCUT2D eigenvalue weighted by Crippen LogP contribution is 2.47. The lowest BCUT2D eigenvalue weighted by Crippen LogP contribution is -1.90. The summed E-state index contributed by atoms with van der Waals surface area (Å²) in [5, 5.41) is 21.0. The van der Waals surface area contributed by atoms with E-state index in [9.17, 15) is 0 Å². The van der Waals surface area contributed by atoms with Crippen molar-refractivity contribution in [2.45, 2.75) is 0 Å². The first-order valence-electron chi connectivity index (χ1n) is 26.2. The van der Waals surface area contributed by atoms with E-state index in [0.29, 0.717) is 0 Å². The summed E-state index contributed by atoms with van der Waals surface area (Å²) in [5.74, 6) is 0. The van der Waals surface area contributed by atoms with Crippen LogP contribution in [-0.4, -0.2) is 0 Å². The average molecular weight is 995 g/mol. The molecule has 0 aliphatic rings. The molecule has 0 radical (unpaired) electrons. The Morgan fingerprint density at radius 1 is 0.171 bits per heavy atom. The van der Waals surface area contributed by atoms with Crippen LogP contribution in [0.1, 0.15) is 0 Å². The van der Waals surface area contributed by atoms with Gasteiger partial charge in [0.1, 0.15) is 0 Å². The largest absolute Gasteiger partial charge is 0.135 e. The van der Waals surface area contributed by atoms with Gasteiger partial charge in [0.05, 0.1) is 0 Å². The van der Waals surface area contributed by atoms with Gasteiger partial charge in [-0.2, -0.15) is 0 Å². The maximum Gasteiger partial charge on any atom is 0.0355 e. The van der Waals surface area contributed by atoms with Crippen molar-refractivity contribution in [3.8, 4) is 66.8 Å². The Hall–Kier alpha value is -9.18. The fraction of sp³-hybridized carbons (Fsp3) is 0. The van der Waals surface area contributed by atoms with Crippen LogP contribution in [0, 0.1) is 0 Å². The van der Waals surface area contributed by atoms with Crippen LogP contribution < -0.4 is 0 Å². The van der Waals surface area contributed by atoms with E-state index in [0.717, 1.165) is 0 Å². The summed E-state index contributed by atoms with van der Waals surface area (Å²) >= 11 is 3.75. The molecule has 2 aromatic heterocycles. The van der Waals surface area contributed by atoms with E-state index in [2.05, 4.69) is 255 Å². The minimum absolute atomic E-state index is 1.21. The van der Waals surface area contributed by atoms with Crippen molar-refractivity contribution in [3.63, 3.8) is 0 Å². The third-order valence-corrected chi connectivity index (χ3v) is 18.9. The lowest BCUT2D eigenvalue weighted by atomic mass is 9.87. The van der Waals surface area contributed by atoms with E-state index in [1.54, 1.807) is 0 Å². The minimum Gasteiger partial charge on any atom is -0.135 e. The Bertz CT molecular complexity index is 4880. The van der Waals surface area contributed by atoms with Gasteiger partial charge in [0.25, 0.3) is 0 Å². The lowest BCUT2D eigenvalue weighted by Gasteiger charge is -2.17. The quantitative estimate of drug-likeness (QED) is 0.146. The first-order chi connectivity index (χ1) is 37.6. The third-order valence-electron chi connectivity index (χ3n) is 16.6. The first kappa shape index (κ1) is 42.2. The molecule has 0 aliphatic carbocycles. The molecule has 2 heteroatoms. The molecule has 0 aliphatic heterocycles. The van der Waals surface area contributed by atoms with E-state index >= 15 is 0 Å². The van der Waals surface area contributed by atoms with Crippen LogP contribution in [0.15, 0.2) is 255 Å². The molecule has 0 spiro atoms. The second-order valence-corrected chi connectivity index (χ2v) is 22.8. The van der Waals surface area contributed by atoms with E-state index < -0.39 is 0 Å². The predicted molar refractivity (Wildman–Crippen MR) is 332 cm³/mol. The predicted octanol–water partition coefficient (Wildman–Crippen LogP) is 22.2. The SMILES string of the molecule is c1cc(-c2ccc(-c3ccc4ccc5c(-c6ccc7sc8ccccc8c7c6)ccc6ccc3c4c65)cc2)cc(-c2ccc(-c3ccc4ccc5c(-c6ccc7sc8ccccc8c7c6)ccc6ccc3c4c65)cc2)c1. The second-order valence-electron chi connectivity index (χ2n) is 20.7. The van der Waals surface area contributed by atoms with Gasteiger partial charge in [0, 0.05) is 40.3 Å². The van der Waals surface area contributed by atoms with Gasteiger partial charge in [-0.15, -0.1) is 22.7 Å². The Morgan fingerprint density at radius 3 is 0.882 bits per heavy atom. The Morgan fingerprint density at radius 2 is 0.487 bits per heavy atom. The van der Waals surface area contributed by atoms with Crippen LogP contribution >= 0.6 is 22.7 Å². The Kier molecular flexibility index (Phi) is 8.97. The molecule has 350 valence electrons. The van der Waals surface area contributed by atoms with E-state index in [1.807, 2.05) is 22.7 Å². The van der Waals surface area contributed by atoms with Gasteiger partial charge in [-0.25, -0.2) is 0 Å². The maximum absolute atomic E-state index is 2.40. The van der Waals surface area contributed by atoms with Gasteiger partial charge in [-0.1, -0.05) is 212 Å². The molecule has 0 bridgehead atoms. The number of rotatable bonds is 6. The highest BCUT2D eigenvalue weighted by molar-refractivity contribution is 7.26. The average Bonchev–Trinajstić information content (AvgIpc) is 4.10. The smallest absolute Gasteiger partial charge is 0.0355 e. The van der Waals surface area contributed by atoms with Crippen LogP contribution in [0.2, 0.25) is 0 Å². The molecule has 76 heavy (non-hydrogen) atoms. The minimum atomic E-state index is 1.21. The maximum atomic E-state index is 2.40. The highest BCUT2D eigenvalue weighted by Gasteiger charge is 2.19. The molecular weight excluding hydrogens is 953 g/mol. The molecule has 0 saturated carbocycles. The zero-order valence-electron chi connectivity index (χ0n) is 41.1. The summed E-state index contributed by atoms with van der Waals surface area (Å²) < 4.78 is 5.34. The summed E-state index contributed by atoms with van der Waals surface area (Å²) in [6.07, 6.45) is 0. The normalized spacial score (nSPS) is 12.2. The van der Waals surface area contributed by atoms with E-state index in [1.165, 1.54) is 172 Å². The van der Waals surface area contributed by atoms with Gasteiger partial charge >= 0.3 is 0 Å². The monoisotopic (exact) mass is 994 g/mol. The van der Waals surface area contributed by atoms with Crippen LogP contribution in [0.4, 0.5) is 0 Å². The molecule has 0 amide bonds. The fourth-order valence-electron chi connectivity index (χ4n) is 13.0. The van der Waals surface area contributed by atoms with E-state index in [4.69, 9.17) is 0 Å². The van der Waals surface area contributed by atoms with Gasteiger partial charge in [-0.05, 0) is 174 Å². The fourth-order valence-corrected chi connectivity index (χ4v) is 15.1. The first-order valence-corrected chi connectivity index (χ1v) is 27.8. The topological polar surface area (TPSA) is 0 Å². The zero-order valence-corrected chi connectivity index (χ0v) is 42.7. The van der Waals surface area contributed by atoms with E-state index in [-0.39, 0.29) is 0 Å². The molecule has 0 nitrogen and oxygen atoms in total. The lowest BCUT2D eigenvalue weighted by molar-refractivity contribution is 1.58. The van der Waals surface area contributed by atoms with Crippen molar-refractivity contribution in [2.75, 3.05) is 0 Å². The van der Waals surface area contributed by atoms with Crippen molar-refractivity contribution in [1.29, 1.82) is 0 Å². The summed E-state index contributed by atoms with van der Waals surface area (Å²) in [6, 6.07) is 96.1. The summed E-state index contributed by atoms with van der Waals surface area (Å²) in [7, 11) is 0.